The first-order valence-corrected chi connectivity index (χ1v) is 6.02. The molecule has 0 aromatic heterocycles. The van der Waals surface area contributed by atoms with Gasteiger partial charge in [-0.05, 0) is 41.9 Å². The van der Waals surface area contributed by atoms with Gasteiger partial charge in [0.25, 0.3) is 5.91 Å². The topological polar surface area (TPSA) is 29.1 Å². The lowest BCUT2D eigenvalue weighted by atomic mass is 10.1. The third kappa shape index (κ3) is 3.19. The molecule has 1 amide bonds. The number of hydrogen-bond acceptors (Lipinski definition) is 1. The van der Waals surface area contributed by atoms with Crippen molar-refractivity contribution in [2.45, 2.75) is 19.4 Å². The van der Waals surface area contributed by atoms with E-state index in [2.05, 4.69) is 21.2 Å². The highest BCUT2D eigenvalue weighted by molar-refractivity contribution is 9.10. The zero-order valence-corrected chi connectivity index (χ0v) is 11.3. The molecule has 0 aliphatic heterocycles. The fourth-order valence-electron chi connectivity index (χ4n) is 1.09. The summed E-state index contributed by atoms with van der Waals surface area (Å²) in [5, 5.41) is 2.72. The van der Waals surface area contributed by atoms with Gasteiger partial charge in [0.1, 0.15) is 5.82 Å². The lowest BCUT2D eigenvalue weighted by molar-refractivity contribution is 0.0919. The molecule has 0 fully saturated rings. The molecule has 0 bridgehead atoms. The number of amides is 1. The number of benzene rings is 1. The maximum Gasteiger partial charge on any atom is 0.252 e. The lowest BCUT2D eigenvalue weighted by Gasteiger charge is -2.23. The molecule has 1 N–H and O–H groups in total. The van der Waals surface area contributed by atoms with Gasteiger partial charge in [-0.2, -0.15) is 0 Å². The SMILES string of the molecule is CC(C)(CCl)NC(=O)c1cccc(F)c1Br. The first-order chi connectivity index (χ1) is 7.37. The standard InChI is InChI=1S/C11H12BrClFNO/c1-11(2,6-13)15-10(16)7-4-3-5-8(14)9(7)12/h3-5H,6H2,1-2H3,(H,15,16). The Labute approximate surface area is 107 Å². The van der Waals surface area contributed by atoms with Crippen molar-refractivity contribution in [2.24, 2.45) is 0 Å². The zero-order chi connectivity index (χ0) is 12.3. The number of halogens is 3. The summed E-state index contributed by atoms with van der Waals surface area (Å²) in [6.07, 6.45) is 0. The number of nitrogens with one attached hydrogen (secondary N) is 1. The number of carbonyl (C=O) groups excluding carboxylic acids is 1. The fraction of sp³-hybridized carbons (Fsp3) is 0.364. The van der Waals surface area contributed by atoms with Gasteiger partial charge >= 0.3 is 0 Å². The van der Waals surface area contributed by atoms with Crippen LogP contribution in [-0.2, 0) is 0 Å². The summed E-state index contributed by atoms with van der Waals surface area (Å²) >= 11 is 8.74. The summed E-state index contributed by atoms with van der Waals surface area (Å²) < 4.78 is 13.4. The van der Waals surface area contributed by atoms with E-state index in [0.29, 0.717) is 0 Å². The van der Waals surface area contributed by atoms with Crippen molar-refractivity contribution in [1.29, 1.82) is 0 Å². The van der Waals surface area contributed by atoms with Crippen LogP contribution in [-0.4, -0.2) is 17.3 Å². The Kier molecular flexibility index (Phi) is 4.33. The Morgan fingerprint density at radius 3 is 2.75 bits per heavy atom. The molecule has 0 heterocycles. The van der Waals surface area contributed by atoms with Gasteiger partial charge in [-0.3, -0.25) is 4.79 Å². The minimum absolute atomic E-state index is 0.165. The Morgan fingerprint density at radius 1 is 1.56 bits per heavy atom. The molecule has 0 spiro atoms. The van der Waals surface area contributed by atoms with Crippen LogP contribution in [0, 0.1) is 5.82 Å². The largest absolute Gasteiger partial charge is 0.346 e. The maximum atomic E-state index is 13.2. The van der Waals surface area contributed by atoms with Crippen molar-refractivity contribution in [3.05, 3.63) is 34.1 Å². The molecule has 0 unspecified atom stereocenters. The van der Waals surface area contributed by atoms with Gasteiger partial charge in [-0.15, -0.1) is 11.6 Å². The molecule has 0 saturated carbocycles. The highest BCUT2D eigenvalue weighted by Gasteiger charge is 2.21. The Hall–Kier alpha value is -0.610. The Balaban J connectivity index is 2.94. The van der Waals surface area contributed by atoms with E-state index in [1.165, 1.54) is 12.1 Å². The van der Waals surface area contributed by atoms with E-state index in [1.807, 2.05) is 0 Å². The number of alkyl halides is 1. The molecule has 1 aromatic carbocycles. The molecule has 5 heteroatoms. The molecule has 0 aliphatic carbocycles. The molecule has 0 radical (unpaired) electrons. The minimum Gasteiger partial charge on any atom is -0.346 e. The summed E-state index contributed by atoms with van der Waals surface area (Å²) in [5.74, 6) is -0.528. The normalized spacial score (nSPS) is 11.3. The maximum absolute atomic E-state index is 13.2. The van der Waals surface area contributed by atoms with Crippen LogP contribution >= 0.6 is 27.5 Å². The summed E-state index contributed by atoms with van der Waals surface area (Å²) in [6, 6.07) is 4.32. The van der Waals surface area contributed by atoms with Crippen molar-refractivity contribution < 1.29 is 9.18 Å². The van der Waals surface area contributed by atoms with Crippen LogP contribution in [0.4, 0.5) is 4.39 Å². The number of hydrogen-bond donors (Lipinski definition) is 1. The monoisotopic (exact) mass is 307 g/mol. The van der Waals surface area contributed by atoms with Crippen LogP contribution in [0.1, 0.15) is 24.2 Å². The van der Waals surface area contributed by atoms with Gasteiger partial charge in [0.2, 0.25) is 0 Å². The van der Waals surface area contributed by atoms with Gasteiger partial charge in [0.15, 0.2) is 0 Å². The minimum atomic E-state index is -0.523. The molecule has 2 nitrogen and oxygen atoms in total. The molecule has 1 aromatic rings. The highest BCUT2D eigenvalue weighted by Crippen LogP contribution is 2.21. The van der Waals surface area contributed by atoms with Crippen molar-refractivity contribution in [3.8, 4) is 0 Å². The predicted octanol–water partition coefficient (Wildman–Crippen LogP) is 3.34. The first-order valence-electron chi connectivity index (χ1n) is 4.70. The predicted molar refractivity (Wildman–Crippen MR) is 66.4 cm³/mol. The molecule has 88 valence electrons. The van der Waals surface area contributed by atoms with Crippen molar-refractivity contribution in [3.63, 3.8) is 0 Å². The van der Waals surface area contributed by atoms with Crippen LogP contribution in [0.2, 0.25) is 0 Å². The van der Waals surface area contributed by atoms with E-state index in [-0.39, 0.29) is 21.8 Å². The van der Waals surface area contributed by atoms with Crippen molar-refractivity contribution >= 4 is 33.4 Å². The van der Waals surface area contributed by atoms with E-state index in [1.54, 1.807) is 19.9 Å². The third-order valence-corrected chi connectivity index (χ3v) is 3.46. The second-order valence-electron chi connectivity index (χ2n) is 4.07. The Morgan fingerprint density at radius 2 is 2.19 bits per heavy atom. The number of rotatable bonds is 3. The highest BCUT2D eigenvalue weighted by atomic mass is 79.9. The van der Waals surface area contributed by atoms with Gasteiger partial charge < -0.3 is 5.32 Å². The average molecular weight is 309 g/mol. The fourth-order valence-corrected chi connectivity index (χ4v) is 1.60. The van der Waals surface area contributed by atoms with Crippen molar-refractivity contribution in [1.82, 2.24) is 5.32 Å². The van der Waals surface area contributed by atoms with Gasteiger partial charge in [0, 0.05) is 11.4 Å². The Bertz CT molecular complexity index is 409. The molecular formula is C11H12BrClFNO. The van der Waals surface area contributed by atoms with Crippen LogP contribution < -0.4 is 5.32 Å². The van der Waals surface area contributed by atoms with E-state index in [9.17, 15) is 9.18 Å². The van der Waals surface area contributed by atoms with Crippen LogP contribution in [0.15, 0.2) is 22.7 Å². The molecule has 0 aliphatic rings. The quantitative estimate of drug-likeness (QED) is 0.853. The average Bonchev–Trinajstić information content (AvgIpc) is 2.21. The van der Waals surface area contributed by atoms with Gasteiger partial charge in [0.05, 0.1) is 10.0 Å². The lowest BCUT2D eigenvalue weighted by Crippen LogP contribution is -2.45. The second kappa shape index (κ2) is 5.15. The summed E-state index contributed by atoms with van der Waals surface area (Å²) in [6.45, 7) is 3.59. The molecule has 16 heavy (non-hydrogen) atoms. The summed E-state index contributed by atoms with van der Waals surface area (Å²) in [4.78, 5) is 11.8. The first kappa shape index (κ1) is 13.5. The summed E-state index contributed by atoms with van der Waals surface area (Å²) in [5.41, 5.74) is -0.261. The summed E-state index contributed by atoms with van der Waals surface area (Å²) in [7, 11) is 0. The van der Waals surface area contributed by atoms with Crippen molar-refractivity contribution in [2.75, 3.05) is 5.88 Å². The zero-order valence-electron chi connectivity index (χ0n) is 8.98. The van der Waals surface area contributed by atoms with E-state index in [4.69, 9.17) is 11.6 Å². The van der Waals surface area contributed by atoms with Crippen LogP contribution in [0.3, 0.4) is 0 Å². The molecule has 0 saturated heterocycles. The van der Waals surface area contributed by atoms with Gasteiger partial charge in [-0.1, -0.05) is 6.07 Å². The van der Waals surface area contributed by atoms with E-state index >= 15 is 0 Å². The van der Waals surface area contributed by atoms with Gasteiger partial charge in [-0.25, -0.2) is 4.39 Å². The van der Waals surface area contributed by atoms with E-state index < -0.39 is 11.4 Å². The third-order valence-electron chi connectivity index (χ3n) is 1.98. The van der Waals surface area contributed by atoms with Crippen LogP contribution in [0.25, 0.3) is 0 Å². The molecule has 0 atom stereocenters. The second-order valence-corrected chi connectivity index (χ2v) is 5.13. The molecule has 1 rings (SSSR count). The smallest absolute Gasteiger partial charge is 0.252 e. The van der Waals surface area contributed by atoms with Crippen LogP contribution in [0.5, 0.6) is 0 Å². The van der Waals surface area contributed by atoms with E-state index in [0.717, 1.165) is 0 Å². The molecular weight excluding hydrogens is 296 g/mol. The number of carbonyl (C=O) groups is 1.